The highest BCUT2D eigenvalue weighted by molar-refractivity contribution is 5.77. The summed E-state index contributed by atoms with van der Waals surface area (Å²) >= 11 is 0. The fourth-order valence-electron chi connectivity index (χ4n) is 2.54. The lowest BCUT2D eigenvalue weighted by atomic mass is 9.82. The lowest BCUT2D eigenvalue weighted by Crippen LogP contribution is -2.39. The third kappa shape index (κ3) is 4.97. The monoisotopic (exact) mass is 327 g/mol. The van der Waals surface area contributed by atoms with Gasteiger partial charge in [-0.25, -0.2) is 8.78 Å². The summed E-state index contributed by atoms with van der Waals surface area (Å²) in [5, 5.41) is 2.79. The summed E-state index contributed by atoms with van der Waals surface area (Å²) in [7, 11) is 0. The smallest absolute Gasteiger partial charge is 0.246 e. The van der Waals surface area contributed by atoms with E-state index in [0.717, 1.165) is 12.5 Å². The normalized spacial score (nSPS) is 19.6. The predicted molar refractivity (Wildman–Crippen MR) is 81.9 cm³/mol. The van der Waals surface area contributed by atoms with Crippen LogP contribution < -0.4 is 5.32 Å². The lowest BCUT2D eigenvalue weighted by molar-refractivity contribution is -0.129. The van der Waals surface area contributed by atoms with Crippen LogP contribution in [0, 0.1) is 17.0 Å². The van der Waals surface area contributed by atoms with Crippen LogP contribution in [0.25, 0.3) is 0 Å². The van der Waals surface area contributed by atoms with Gasteiger partial charge in [0, 0.05) is 18.2 Å². The van der Waals surface area contributed by atoms with Gasteiger partial charge in [-0.05, 0) is 17.9 Å². The second kappa shape index (κ2) is 7.36. The van der Waals surface area contributed by atoms with Gasteiger partial charge in [0.2, 0.25) is 5.91 Å². The number of hydrogen-bond acceptors (Lipinski definition) is 3. The van der Waals surface area contributed by atoms with Crippen molar-refractivity contribution < 1.29 is 23.0 Å². The molecule has 0 unspecified atom stereocenters. The second-order valence-corrected chi connectivity index (χ2v) is 6.83. The van der Waals surface area contributed by atoms with E-state index in [1.807, 2.05) is 20.8 Å². The molecule has 1 saturated heterocycles. The van der Waals surface area contributed by atoms with Crippen molar-refractivity contribution in [2.24, 2.45) is 5.41 Å². The molecular formula is C17H23F2NO3. The zero-order valence-electron chi connectivity index (χ0n) is 13.7. The Kier molecular flexibility index (Phi) is 5.70. The van der Waals surface area contributed by atoms with Crippen molar-refractivity contribution in [3.05, 3.63) is 35.4 Å². The summed E-state index contributed by atoms with van der Waals surface area (Å²) in [5.41, 5.74) is -0.179. The number of hydrogen-bond donors (Lipinski definition) is 1. The number of halogens is 2. The van der Waals surface area contributed by atoms with Crippen molar-refractivity contribution in [1.82, 2.24) is 5.32 Å². The van der Waals surface area contributed by atoms with Gasteiger partial charge in [-0.1, -0.05) is 26.8 Å². The zero-order chi connectivity index (χ0) is 17.0. The van der Waals surface area contributed by atoms with Gasteiger partial charge in [0.15, 0.2) is 0 Å². The summed E-state index contributed by atoms with van der Waals surface area (Å²) < 4.78 is 37.8. The van der Waals surface area contributed by atoms with Crippen molar-refractivity contribution in [2.75, 3.05) is 19.8 Å². The molecule has 0 spiro atoms. The number of carbonyl (C=O) groups excluding carboxylic acids is 1. The van der Waals surface area contributed by atoms with Crippen molar-refractivity contribution >= 4 is 5.91 Å². The fourth-order valence-corrected chi connectivity index (χ4v) is 2.54. The van der Waals surface area contributed by atoms with Crippen LogP contribution in [0.2, 0.25) is 0 Å². The number of nitrogens with one attached hydrogen (secondary N) is 1. The molecule has 0 radical (unpaired) electrons. The van der Waals surface area contributed by atoms with Crippen LogP contribution in [0.4, 0.5) is 8.78 Å². The number of amides is 1. The summed E-state index contributed by atoms with van der Waals surface area (Å²) in [4.78, 5) is 12.1. The summed E-state index contributed by atoms with van der Waals surface area (Å²) in [5.74, 6) is -1.65. The van der Waals surface area contributed by atoms with Crippen LogP contribution in [0.15, 0.2) is 18.2 Å². The van der Waals surface area contributed by atoms with E-state index in [4.69, 9.17) is 9.47 Å². The van der Waals surface area contributed by atoms with Crippen LogP contribution >= 0.6 is 0 Å². The molecule has 1 aliphatic heterocycles. The molecule has 1 N–H and O–H groups in total. The lowest BCUT2D eigenvalue weighted by Gasteiger charge is -2.32. The van der Waals surface area contributed by atoms with Gasteiger partial charge in [-0.2, -0.15) is 0 Å². The first-order valence-electron chi connectivity index (χ1n) is 7.71. The molecule has 6 heteroatoms. The van der Waals surface area contributed by atoms with Gasteiger partial charge in [0.1, 0.15) is 18.2 Å². The average Bonchev–Trinajstić information content (AvgIpc) is 2.95. The van der Waals surface area contributed by atoms with E-state index >= 15 is 0 Å². The third-order valence-corrected chi connectivity index (χ3v) is 3.78. The molecule has 128 valence electrons. The van der Waals surface area contributed by atoms with Gasteiger partial charge in [0.05, 0.1) is 18.8 Å². The molecule has 0 aliphatic carbocycles. The first-order chi connectivity index (χ1) is 10.8. The Balaban J connectivity index is 2.05. The van der Waals surface area contributed by atoms with E-state index in [1.54, 1.807) is 0 Å². The van der Waals surface area contributed by atoms with Crippen LogP contribution in [-0.2, 0) is 14.3 Å². The predicted octanol–water partition coefficient (Wildman–Crippen LogP) is 2.97. The summed E-state index contributed by atoms with van der Waals surface area (Å²) in [6.07, 6.45) is 0.694. The third-order valence-electron chi connectivity index (χ3n) is 3.78. The van der Waals surface area contributed by atoms with Crippen LogP contribution in [0.5, 0.6) is 0 Å². The van der Waals surface area contributed by atoms with Crippen molar-refractivity contribution in [3.63, 3.8) is 0 Å². The Bertz CT molecular complexity index is 551. The zero-order valence-corrected chi connectivity index (χ0v) is 13.7. The van der Waals surface area contributed by atoms with Crippen molar-refractivity contribution in [3.8, 4) is 0 Å². The Morgan fingerprint density at radius 3 is 2.74 bits per heavy atom. The van der Waals surface area contributed by atoms with E-state index in [9.17, 15) is 13.6 Å². The van der Waals surface area contributed by atoms with Gasteiger partial charge >= 0.3 is 0 Å². The molecule has 0 bridgehead atoms. The van der Waals surface area contributed by atoms with E-state index in [-0.39, 0.29) is 24.2 Å². The molecule has 0 aromatic heterocycles. The minimum absolute atomic E-state index is 0.0728. The molecule has 2 atom stereocenters. The van der Waals surface area contributed by atoms with Crippen LogP contribution in [0.3, 0.4) is 0 Å². The average molecular weight is 327 g/mol. The molecule has 1 amide bonds. The Labute approximate surface area is 135 Å². The van der Waals surface area contributed by atoms with Crippen molar-refractivity contribution in [2.45, 2.75) is 39.3 Å². The molecule has 0 saturated carbocycles. The number of rotatable bonds is 5. The van der Waals surface area contributed by atoms with Crippen LogP contribution in [0.1, 0.15) is 38.8 Å². The Hall–Kier alpha value is -1.53. The first kappa shape index (κ1) is 17.8. The molecular weight excluding hydrogens is 304 g/mol. The van der Waals surface area contributed by atoms with Gasteiger partial charge < -0.3 is 14.8 Å². The number of ether oxygens (including phenoxy) is 2. The maximum absolute atomic E-state index is 14.1. The van der Waals surface area contributed by atoms with Gasteiger partial charge in [-0.15, -0.1) is 0 Å². The fraction of sp³-hybridized carbons (Fsp3) is 0.588. The molecule has 1 aliphatic rings. The summed E-state index contributed by atoms with van der Waals surface area (Å²) in [6, 6.07) is 2.80. The largest absolute Gasteiger partial charge is 0.379 e. The topological polar surface area (TPSA) is 47.6 Å². The van der Waals surface area contributed by atoms with Crippen molar-refractivity contribution in [1.29, 1.82) is 0 Å². The van der Waals surface area contributed by atoms with E-state index in [1.165, 1.54) is 12.1 Å². The highest BCUT2D eigenvalue weighted by Gasteiger charge is 2.30. The quantitative estimate of drug-likeness (QED) is 0.904. The maximum Gasteiger partial charge on any atom is 0.246 e. The highest BCUT2D eigenvalue weighted by Crippen LogP contribution is 2.34. The first-order valence-corrected chi connectivity index (χ1v) is 7.71. The molecule has 1 aromatic carbocycles. The molecule has 23 heavy (non-hydrogen) atoms. The molecule has 1 fully saturated rings. The van der Waals surface area contributed by atoms with Gasteiger partial charge in [-0.3, -0.25) is 4.79 Å². The van der Waals surface area contributed by atoms with E-state index < -0.39 is 23.1 Å². The SMILES string of the molecule is CC(C)(C)[C@@H](NC(=O)CO[C@H]1CCOC1)c1ccc(F)cc1F. The number of benzene rings is 1. The van der Waals surface area contributed by atoms with Crippen LogP contribution in [-0.4, -0.2) is 31.8 Å². The van der Waals surface area contributed by atoms with E-state index in [2.05, 4.69) is 5.32 Å². The Morgan fingerprint density at radius 2 is 2.17 bits per heavy atom. The van der Waals surface area contributed by atoms with Gasteiger partial charge in [0.25, 0.3) is 0 Å². The molecule has 1 heterocycles. The standard InChI is InChI=1S/C17H23F2NO3/c1-17(2,3)16(13-5-4-11(18)8-14(13)19)20-15(21)10-23-12-6-7-22-9-12/h4-5,8,12,16H,6-7,9-10H2,1-3H3,(H,20,21)/t12-,16-/m0/s1. The minimum Gasteiger partial charge on any atom is -0.379 e. The minimum atomic E-state index is -0.671. The molecule has 2 rings (SSSR count). The maximum atomic E-state index is 14.1. The second-order valence-electron chi connectivity index (χ2n) is 6.83. The molecule has 4 nitrogen and oxygen atoms in total. The molecule has 1 aromatic rings. The number of carbonyl (C=O) groups is 1. The van der Waals surface area contributed by atoms with E-state index in [0.29, 0.717) is 13.2 Å². The summed E-state index contributed by atoms with van der Waals surface area (Å²) in [6.45, 7) is 6.66. The Morgan fingerprint density at radius 1 is 1.43 bits per heavy atom. The highest BCUT2D eigenvalue weighted by atomic mass is 19.1.